The van der Waals surface area contributed by atoms with Crippen molar-refractivity contribution in [1.29, 1.82) is 0 Å². The molecule has 0 radical (unpaired) electrons. The lowest BCUT2D eigenvalue weighted by atomic mass is 9.96. The van der Waals surface area contributed by atoms with Gasteiger partial charge in [0.15, 0.2) is 5.82 Å². The summed E-state index contributed by atoms with van der Waals surface area (Å²) in [5.74, 6) is 1.16. The first-order chi connectivity index (χ1) is 11.1. The van der Waals surface area contributed by atoms with Crippen molar-refractivity contribution >= 4 is 11.7 Å². The molecular formula is C17H27N5O. The Morgan fingerprint density at radius 3 is 2.65 bits per heavy atom. The maximum absolute atomic E-state index is 12.6. The quantitative estimate of drug-likeness (QED) is 0.908. The molecule has 1 aromatic heterocycles. The number of nitrogens with zero attached hydrogens (tertiary/aromatic N) is 4. The molecule has 2 saturated heterocycles. The Labute approximate surface area is 138 Å². The smallest absolute Gasteiger partial charge is 0.225 e. The van der Waals surface area contributed by atoms with E-state index in [-0.39, 0.29) is 11.8 Å². The third kappa shape index (κ3) is 4.19. The van der Waals surface area contributed by atoms with Crippen LogP contribution >= 0.6 is 0 Å². The number of aromatic nitrogens is 2. The van der Waals surface area contributed by atoms with Crippen LogP contribution in [0.1, 0.15) is 31.4 Å². The molecule has 1 unspecified atom stereocenters. The van der Waals surface area contributed by atoms with Crippen molar-refractivity contribution in [3.63, 3.8) is 0 Å². The second-order valence-corrected chi connectivity index (χ2v) is 6.90. The van der Waals surface area contributed by atoms with Gasteiger partial charge in [-0.15, -0.1) is 5.10 Å². The summed E-state index contributed by atoms with van der Waals surface area (Å²) in [5, 5.41) is 11.6. The lowest BCUT2D eigenvalue weighted by molar-refractivity contribution is -0.126. The Hall–Kier alpha value is -1.69. The van der Waals surface area contributed by atoms with Gasteiger partial charge >= 0.3 is 0 Å². The molecule has 1 atom stereocenters. The maximum atomic E-state index is 12.6. The number of anilines is 1. The molecule has 6 nitrogen and oxygen atoms in total. The third-order valence-electron chi connectivity index (χ3n) is 4.96. The van der Waals surface area contributed by atoms with E-state index in [0.717, 1.165) is 63.4 Å². The van der Waals surface area contributed by atoms with E-state index in [2.05, 4.69) is 32.4 Å². The molecular weight excluding hydrogens is 290 g/mol. The van der Waals surface area contributed by atoms with Crippen LogP contribution in [-0.4, -0.2) is 60.3 Å². The molecule has 0 saturated carbocycles. The van der Waals surface area contributed by atoms with Crippen molar-refractivity contribution in [3.05, 3.63) is 17.8 Å². The molecule has 23 heavy (non-hydrogen) atoms. The lowest BCUT2D eigenvalue weighted by Gasteiger charge is -2.35. The average Bonchev–Trinajstić information content (AvgIpc) is 2.58. The standard InChI is InChI=1S/C17H27N5O/c1-13-5-6-16(20-19-13)22-9-3-4-14(12-22)17(23)18-15-7-10-21(2)11-8-15/h5-6,14-15H,3-4,7-12H2,1-2H3,(H,18,23). The number of piperidine rings is 2. The second kappa shape index (κ2) is 7.25. The van der Waals surface area contributed by atoms with Crippen molar-refractivity contribution in [2.75, 3.05) is 38.1 Å². The summed E-state index contributed by atoms with van der Waals surface area (Å²) in [6, 6.07) is 4.32. The van der Waals surface area contributed by atoms with Crippen molar-refractivity contribution in [2.45, 2.75) is 38.6 Å². The van der Waals surface area contributed by atoms with Gasteiger partial charge in [0.1, 0.15) is 0 Å². The molecule has 2 aliphatic rings. The van der Waals surface area contributed by atoms with Gasteiger partial charge in [-0.05, 0) is 64.9 Å². The first-order valence-corrected chi connectivity index (χ1v) is 8.66. The van der Waals surface area contributed by atoms with Crippen molar-refractivity contribution < 1.29 is 4.79 Å². The van der Waals surface area contributed by atoms with Gasteiger partial charge in [-0.3, -0.25) is 4.79 Å². The van der Waals surface area contributed by atoms with E-state index >= 15 is 0 Å². The normalized spacial score (nSPS) is 23.7. The average molecular weight is 317 g/mol. The lowest BCUT2D eigenvalue weighted by Crippen LogP contribution is -2.49. The van der Waals surface area contributed by atoms with E-state index in [1.54, 1.807) is 0 Å². The molecule has 1 N–H and O–H groups in total. The number of likely N-dealkylation sites (tertiary alicyclic amines) is 1. The fourth-order valence-corrected chi connectivity index (χ4v) is 3.43. The van der Waals surface area contributed by atoms with E-state index in [1.165, 1.54) is 0 Å². The predicted octanol–water partition coefficient (Wildman–Crippen LogP) is 1.21. The van der Waals surface area contributed by atoms with Crippen LogP contribution in [0.5, 0.6) is 0 Å². The second-order valence-electron chi connectivity index (χ2n) is 6.90. The Bertz CT molecular complexity index is 524. The highest BCUT2D eigenvalue weighted by atomic mass is 16.2. The number of nitrogens with one attached hydrogen (secondary N) is 1. The summed E-state index contributed by atoms with van der Waals surface area (Å²) in [4.78, 5) is 17.1. The highest BCUT2D eigenvalue weighted by molar-refractivity contribution is 5.79. The van der Waals surface area contributed by atoms with E-state index in [0.29, 0.717) is 6.04 Å². The molecule has 0 bridgehead atoms. The fourth-order valence-electron chi connectivity index (χ4n) is 3.43. The summed E-state index contributed by atoms with van der Waals surface area (Å²) in [5.41, 5.74) is 0.919. The Morgan fingerprint density at radius 2 is 1.96 bits per heavy atom. The highest BCUT2D eigenvalue weighted by Crippen LogP contribution is 2.22. The first-order valence-electron chi connectivity index (χ1n) is 8.66. The van der Waals surface area contributed by atoms with Gasteiger partial charge < -0.3 is 15.1 Å². The molecule has 0 aromatic carbocycles. The van der Waals surface area contributed by atoms with Gasteiger partial charge in [0.2, 0.25) is 5.91 Å². The number of carbonyl (C=O) groups is 1. The van der Waals surface area contributed by atoms with E-state index in [1.807, 2.05) is 19.1 Å². The molecule has 2 fully saturated rings. The molecule has 3 heterocycles. The van der Waals surface area contributed by atoms with E-state index < -0.39 is 0 Å². The highest BCUT2D eigenvalue weighted by Gasteiger charge is 2.28. The zero-order valence-electron chi connectivity index (χ0n) is 14.2. The van der Waals surface area contributed by atoms with Crippen molar-refractivity contribution in [1.82, 2.24) is 20.4 Å². The van der Waals surface area contributed by atoms with Gasteiger partial charge in [-0.1, -0.05) is 0 Å². The van der Waals surface area contributed by atoms with Crippen LogP contribution in [-0.2, 0) is 4.79 Å². The summed E-state index contributed by atoms with van der Waals surface area (Å²) < 4.78 is 0. The zero-order valence-corrected chi connectivity index (χ0v) is 14.2. The molecule has 126 valence electrons. The number of aryl methyl sites for hydroxylation is 1. The van der Waals surface area contributed by atoms with Gasteiger partial charge in [0.25, 0.3) is 0 Å². The molecule has 0 aliphatic carbocycles. The van der Waals surface area contributed by atoms with Crippen LogP contribution in [0.25, 0.3) is 0 Å². The molecule has 1 aromatic rings. The van der Waals surface area contributed by atoms with Crippen LogP contribution in [0.4, 0.5) is 5.82 Å². The van der Waals surface area contributed by atoms with E-state index in [9.17, 15) is 4.79 Å². The monoisotopic (exact) mass is 317 g/mol. The van der Waals surface area contributed by atoms with Crippen LogP contribution in [0.3, 0.4) is 0 Å². The minimum Gasteiger partial charge on any atom is -0.354 e. The zero-order chi connectivity index (χ0) is 16.2. The number of hydrogen-bond acceptors (Lipinski definition) is 5. The van der Waals surface area contributed by atoms with E-state index in [4.69, 9.17) is 0 Å². The molecule has 6 heteroatoms. The summed E-state index contributed by atoms with van der Waals surface area (Å²) in [6.07, 6.45) is 4.11. The van der Waals surface area contributed by atoms with Crippen molar-refractivity contribution in [2.24, 2.45) is 5.92 Å². The topological polar surface area (TPSA) is 61.4 Å². The maximum Gasteiger partial charge on any atom is 0.225 e. The molecule has 1 amide bonds. The number of hydrogen-bond donors (Lipinski definition) is 1. The Balaban J connectivity index is 1.55. The molecule has 3 rings (SSSR count). The van der Waals surface area contributed by atoms with Crippen LogP contribution < -0.4 is 10.2 Å². The van der Waals surface area contributed by atoms with Gasteiger partial charge in [-0.2, -0.15) is 5.10 Å². The van der Waals surface area contributed by atoms with Crippen molar-refractivity contribution in [3.8, 4) is 0 Å². The van der Waals surface area contributed by atoms with Gasteiger partial charge in [0, 0.05) is 19.1 Å². The Morgan fingerprint density at radius 1 is 1.17 bits per heavy atom. The third-order valence-corrected chi connectivity index (χ3v) is 4.96. The van der Waals surface area contributed by atoms with Gasteiger partial charge in [0.05, 0.1) is 11.6 Å². The summed E-state index contributed by atoms with van der Waals surface area (Å²) >= 11 is 0. The number of amides is 1. The Kier molecular flexibility index (Phi) is 5.10. The van der Waals surface area contributed by atoms with Crippen LogP contribution in [0.15, 0.2) is 12.1 Å². The summed E-state index contributed by atoms with van der Waals surface area (Å²) in [7, 11) is 2.14. The van der Waals surface area contributed by atoms with Crippen LogP contribution in [0.2, 0.25) is 0 Å². The predicted molar refractivity (Wildman–Crippen MR) is 90.4 cm³/mol. The van der Waals surface area contributed by atoms with Crippen LogP contribution in [0, 0.1) is 12.8 Å². The minimum absolute atomic E-state index is 0.0616. The molecule has 0 spiro atoms. The largest absolute Gasteiger partial charge is 0.354 e. The SMILES string of the molecule is Cc1ccc(N2CCCC(C(=O)NC3CCN(C)CC3)C2)nn1. The summed E-state index contributed by atoms with van der Waals surface area (Å²) in [6.45, 7) is 5.78. The molecule has 2 aliphatic heterocycles. The van der Waals surface area contributed by atoms with Gasteiger partial charge in [-0.25, -0.2) is 0 Å². The number of carbonyl (C=O) groups excluding carboxylic acids is 1. The number of rotatable bonds is 3. The first kappa shape index (κ1) is 16.2. The minimum atomic E-state index is 0.0616. The fraction of sp³-hybridized carbons (Fsp3) is 0.706.